The molecule has 0 bridgehead atoms. The van der Waals surface area contributed by atoms with Crippen LogP contribution in [-0.4, -0.2) is 22.1 Å². The second-order valence-corrected chi connectivity index (χ2v) is 7.25. The second kappa shape index (κ2) is 6.43. The van der Waals surface area contributed by atoms with Gasteiger partial charge in [-0.05, 0) is 44.1 Å². The lowest BCUT2D eigenvalue weighted by atomic mass is 9.89. The van der Waals surface area contributed by atoms with Gasteiger partial charge in [0.1, 0.15) is 10.9 Å². The lowest BCUT2D eigenvalue weighted by Crippen LogP contribution is -2.31. The first-order valence-electron chi connectivity index (χ1n) is 8.24. The van der Waals surface area contributed by atoms with E-state index in [1.165, 1.54) is 15.8 Å². The van der Waals surface area contributed by atoms with E-state index in [0.29, 0.717) is 24.3 Å². The third-order valence-electron chi connectivity index (χ3n) is 4.52. The third kappa shape index (κ3) is 2.80. The normalized spacial score (nSPS) is 18.7. The Labute approximate surface area is 139 Å². The molecule has 0 unspecified atom stereocenters. The Morgan fingerprint density at radius 1 is 1.52 bits per heavy atom. The van der Waals surface area contributed by atoms with Crippen LogP contribution in [0.4, 0.5) is 0 Å². The highest BCUT2D eigenvalue weighted by Crippen LogP contribution is 2.35. The molecule has 23 heavy (non-hydrogen) atoms. The standard InChI is InChI=1S/C17H22N2O3S/c1-4-12(17(21)22-5-2)19-9-18-15-14(16(19)20)11-7-6-10(3)8-13(11)23-15/h9-10,12H,4-8H2,1-3H3/t10-,12+/m1/s1. The molecule has 6 heteroatoms. The second-order valence-electron chi connectivity index (χ2n) is 6.17. The quantitative estimate of drug-likeness (QED) is 0.806. The zero-order chi connectivity index (χ0) is 16.6. The maximum absolute atomic E-state index is 13.0. The highest BCUT2D eigenvalue weighted by molar-refractivity contribution is 7.18. The van der Waals surface area contributed by atoms with Gasteiger partial charge in [-0.1, -0.05) is 13.8 Å². The summed E-state index contributed by atoms with van der Waals surface area (Å²) in [4.78, 5) is 31.6. The molecule has 0 radical (unpaired) electrons. The van der Waals surface area contributed by atoms with Crippen molar-refractivity contribution in [1.29, 1.82) is 0 Å². The molecule has 0 spiro atoms. The Balaban J connectivity index is 2.12. The third-order valence-corrected chi connectivity index (χ3v) is 5.68. The van der Waals surface area contributed by atoms with Gasteiger partial charge >= 0.3 is 5.97 Å². The zero-order valence-corrected chi connectivity index (χ0v) is 14.6. The predicted molar refractivity (Wildman–Crippen MR) is 91.0 cm³/mol. The van der Waals surface area contributed by atoms with E-state index in [1.54, 1.807) is 18.3 Å². The van der Waals surface area contributed by atoms with Crippen LogP contribution in [0.1, 0.15) is 50.1 Å². The molecule has 0 saturated carbocycles. The van der Waals surface area contributed by atoms with Crippen molar-refractivity contribution in [3.05, 3.63) is 27.1 Å². The van der Waals surface area contributed by atoms with E-state index < -0.39 is 6.04 Å². The average Bonchev–Trinajstić information content (AvgIpc) is 2.88. The Bertz CT molecular complexity index is 793. The van der Waals surface area contributed by atoms with Crippen molar-refractivity contribution < 1.29 is 9.53 Å². The zero-order valence-electron chi connectivity index (χ0n) is 13.8. The summed E-state index contributed by atoms with van der Waals surface area (Å²) in [7, 11) is 0. The van der Waals surface area contributed by atoms with Crippen molar-refractivity contribution in [2.75, 3.05) is 6.61 Å². The van der Waals surface area contributed by atoms with Crippen molar-refractivity contribution in [3.63, 3.8) is 0 Å². The number of rotatable bonds is 4. The molecule has 0 aromatic carbocycles. The molecular weight excluding hydrogens is 312 g/mol. The van der Waals surface area contributed by atoms with Gasteiger partial charge in [-0.2, -0.15) is 0 Å². The fourth-order valence-corrected chi connectivity index (χ4v) is 4.62. The van der Waals surface area contributed by atoms with E-state index >= 15 is 0 Å². The lowest BCUT2D eigenvalue weighted by Gasteiger charge is -2.18. The van der Waals surface area contributed by atoms with Crippen LogP contribution in [0.5, 0.6) is 0 Å². The molecule has 0 N–H and O–H groups in total. The van der Waals surface area contributed by atoms with Crippen LogP contribution in [0.3, 0.4) is 0 Å². The molecule has 1 aliphatic rings. The number of carbonyl (C=O) groups excluding carboxylic acids is 1. The van der Waals surface area contributed by atoms with Crippen LogP contribution < -0.4 is 5.56 Å². The Kier molecular flexibility index (Phi) is 4.53. The molecule has 3 rings (SSSR count). The van der Waals surface area contributed by atoms with Gasteiger partial charge in [0.05, 0.1) is 18.3 Å². The molecule has 0 aliphatic heterocycles. The predicted octanol–water partition coefficient (Wildman–Crippen LogP) is 3.10. The Morgan fingerprint density at radius 2 is 2.30 bits per heavy atom. The fraction of sp³-hybridized carbons (Fsp3) is 0.588. The summed E-state index contributed by atoms with van der Waals surface area (Å²) in [6.45, 7) is 6.20. The topological polar surface area (TPSA) is 61.2 Å². The molecule has 1 aliphatic carbocycles. The van der Waals surface area contributed by atoms with Crippen LogP contribution in [-0.2, 0) is 22.4 Å². The number of esters is 1. The first-order chi connectivity index (χ1) is 11.1. The highest BCUT2D eigenvalue weighted by atomic mass is 32.1. The number of aryl methyl sites for hydroxylation is 1. The Hall–Kier alpha value is -1.69. The number of hydrogen-bond donors (Lipinski definition) is 0. The summed E-state index contributed by atoms with van der Waals surface area (Å²) >= 11 is 1.62. The van der Waals surface area contributed by atoms with Gasteiger partial charge < -0.3 is 4.74 Å². The van der Waals surface area contributed by atoms with Crippen LogP contribution in [0, 0.1) is 5.92 Å². The maximum atomic E-state index is 13.0. The summed E-state index contributed by atoms with van der Waals surface area (Å²) in [6.07, 6.45) is 5.05. The summed E-state index contributed by atoms with van der Waals surface area (Å²) in [6, 6.07) is -0.600. The number of ether oxygens (including phenoxy) is 1. The van der Waals surface area contributed by atoms with E-state index in [-0.39, 0.29) is 11.5 Å². The number of hydrogen-bond acceptors (Lipinski definition) is 5. The molecule has 2 aromatic heterocycles. The highest BCUT2D eigenvalue weighted by Gasteiger charge is 2.26. The van der Waals surface area contributed by atoms with Gasteiger partial charge in [0, 0.05) is 4.88 Å². The van der Waals surface area contributed by atoms with Crippen LogP contribution in [0.15, 0.2) is 11.1 Å². The van der Waals surface area contributed by atoms with E-state index in [0.717, 1.165) is 29.7 Å². The van der Waals surface area contributed by atoms with Crippen LogP contribution in [0.2, 0.25) is 0 Å². The summed E-state index contributed by atoms with van der Waals surface area (Å²) in [5.74, 6) is 0.289. The van der Waals surface area contributed by atoms with E-state index in [4.69, 9.17) is 4.74 Å². The van der Waals surface area contributed by atoms with Crippen molar-refractivity contribution >= 4 is 27.5 Å². The molecule has 0 saturated heterocycles. The van der Waals surface area contributed by atoms with Crippen molar-refractivity contribution in [2.24, 2.45) is 5.92 Å². The van der Waals surface area contributed by atoms with Gasteiger partial charge in [0.15, 0.2) is 0 Å². The monoisotopic (exact) mass is 334 g/mol. The number of thiophene rings is 1. The molecule has 0 fully saturated rings. The molecule has 2 aromatic rings. The minimum absolute atomic E-state index is 0.109. The smallest absolute Gasteiger partial charge is 0.329 e. The molecule has 2 atom stereocenters. The number of nitrogens with zero attached hydrogens (tertiary/aromatic N) is 2. The number of carbonyl (C=O) groups is 1. The number of aromatic nitrogens is 2. The van der Waals surface area contributed by atoms with Gasteiger partial charge in [0.2, 0.25) is 0 Å². The SMILES string of the molecule is CCOC(=O)[C@H](CC)n1cnc2sc3c(c2c1=O)CC[C@@H](C)C3. The molecule has 124 valence electrons. The van der Waals surface area contributed by atoms with Crippen molar-refractivity contribution in [3.8, 4) is 0 Å². The first-order valence-corrected chi connectivity index (χ1v) is 9.06. The van der Waals surface area contributed by atoms with Crippen LogP contribution in [0.25, 0.3) is 10.2 Å². The largest absolute Gasteiger partial charge is 0.464 e. The average molecular weight is 334 g/mol. The number of fused-ring (bicyclic) bond motifs is 3. The lowest BCUT2D eigenvalue weighted by molar-refractivity contribution is -0.147. The van der Waals surface area contributed by atoms with Crippen molar-refractivity contribution in [1.82, 2.24) is 9.55 Å². The van der Waals surface area contributed by atoms with Gasteiger partial charge in [-0.25, -0.2) is 9.78 Å². The summed E-state index contributed by atoms with van der Waals surface area (Å²) < 4.78 is 6.55. The van der Waals surface area contributed by atoms with E-state index in [9.17, 15) is 9.59 Å². The molecule has 2 heterocycles. The van der Waals surface area contributed by atoms with Gasteiger partial charge in [0.25, 0.3) is 5.56 Å². The summed E-state index contributed by atoms with van der Waals surface area (Å²) in [5, 5.41) is 0.710. The molecular formula is C17H22N2O3S. The minimum atomic E-state index is -0.600. The fourth-order valence-electron chi connectivity index (χ4n) is 3.28. The van der Waals surface area contributed by atoms with Crippen molar-refractivity contribution in [2.45, 2.75) is 52.5 Å². The first kappa shape index (κ1) is 16.2. The molecule has 0 amide bonds. The van der Waals surface area contributed by atoms with Gasteiger partial charge in [-0.3, -0.25) is 9.36 Å². The van der Waals surface area contributed by atoms with Gasteiger partial charge in [-0.15, -0.1) is 11.3 Å². The summed E-state index contributed by atoms with van der Waals surface area (Å²) in [5.41, 5.74) is 1.04. The van der Waals surface area contributed by atoms with E-state index in [2.05, 4.69) is 11.9 Å². The Morgan fingerprint density at radius 3 is 3.00 bits per heavy atom. The van der Waals surface area contributed by atoms with Crippen LogP contribution >= 0.6 is 11.3 Å². The maximum Gasteiger partial charge on any atom is 0.329 e. The minimum Gasteiger partial charge on any atom is -0.464 e. The van der Waals surface area contributed by atoms with E-state index in [1.807, 2.05) is 6.92 Å². The molecule has 5 nitrogen and oxygen atoms in total.